The Kier molecular flexibility index (Phi) is 3.53. The van der Waals surface area contributed by atoms with Crippen LogP contribution < -0.4 is 0 Å². The van der Waals surface area contributed by atoms with Gasteiger partial charge >= 0.3 is 11.9 Å². The Morgan fingerprint density at radius 1 is 1.62 bits per heavy atom. The maximum Gasteiger partial charge on any atom is 0.322 e. The molecule has 1 fully saturated rings. The summed E-state index contributed by atoms with van der Waals surface area (Å²) in [7, 11) is 0. The van der Waals surface area contributed by atoms with E-state index >= 15 is 0 Å². The van der Waals surface area contributed by atoms with E-state index in [9.17, 15) is 9.59 Å². The van der Waals surface area contributed by atoms with E-state index in [2.05, 4.69) is 0 Å². The second-order valence-corrected chi connectivity index (χ2v) is 3.92. The van der Waals surface area contributed by atoms with Crippen LogP contribution in [0.1, 0.15) is 27.2 Å². The molecule has 88 valence electrons. The maximum absolute atomic E-state index is 11.6. The van der Waals surface area contributed by atoms with E-state index in [1.54, 1.807) is 13.8 Å². The first kappa shape index (κ1) is 12.5. The fourth-order valence-corrected chi connectivity index (χ4v) is 1.81. The molecule has 1 rings (SSSR count). The van der Waals surface area contributed by atoms with Crippen molar-refractivity contribution in [2.75, 3.05) is 6.61 Å². The van der Waals surface area contributed by atoms with Crippen LogP contribution in [0.15, 0.2) is 0 Å². The van der Waals surface area contributed by atoms with Crippen molar-refractivity contribution >= 4 is 11.9 Å². The third-order valence-electron chi connectivity index (χ3n) is 2.96. The predicted octanol–water partition coefficient (Wildman–Crippen LogP) is 1.03. The van der Waals surface area contributed by atoms with Crippen molar-refractivity contribution in [1.29, 1.82) is 5.26 Å². The number of carbonyl (C=O) groups excluding carboxylic acids is 2. The van der Waals surface area contributed by atoms with E-state index in [0.717, 1.165) is 0 Å². The van der Waals surface area contributed by atoms with E-state index < -0.39 is 29.4 Å². The minimum atomic E-state index is -1.10. The topological polar surface area (TPSA) is 76.4 Å². The first-order valence-corrected chi connectivity index (χ1v) is 5.29. The molecule has 0 amide bonds. The average molecular weight is 225 g/mol. The van der Waals surface area contributed by atoms with Crippen LogP contribution in [-0.2, 0) is 19.1 Å². The molecule has 0 saturated carbocycles. The summed E-state index contributed by atoms with van der Waals surface area (Å²) in [5, 5.41) is 9.05. The van der Waals surface area contributed by atoms with Gasteiger partial charge in [0.05, 0.1) is 12.7 Å². The molecule has 3 atom stereocenters. The molecule has 0 radical (unpaired) electrons. The Labute approximate surface area is 94.3 Å². The van der Waals surface area contributed by atoms with Crippen LogP contribution in [0, 0.1) is 23.2 Å². The smallest absolute Gasteiger partial charge is 0.322 e. The van der Waals surface area contributed by atoms with Gasteiger partial charge in [0.15, 0.2) is 5.92 Å². The monoisotopic (exact) mass is 225 g/mol. The standard InChI is InChI=1S/C11H15NO4/c1-4-11(3)7(6-12)8(10(14)16-11)9(13)15-5-2/h7-8H,4-5H2,1-3H3. The first-order chi connectivity index (χ1) is 7.50. The number of rotatable bonds is 3. The van der Waals surface area contributed by atoms with Crippen molar-refractivity contribution in [2.24, 2.45) is 11.8 Å². The summed E-state index contributed by atoms with van der Waals surface area (Å²) in [6.45, 7) is 5.31. The van der Waals surface area contributed by atoms with Crippen molar-refractivity contribution in [2.45, 2.75) is 32.8 Å². The van der Waals surface area contributed by atoms with Crippen molar-refractivity contribution in [1.82, 2.24) is 0 Å². The van der Waals surface area contributed by atoms with Gasteiger partial charge in [0.25, 0.3) is 0 Å². The number of nitrogens with zero attached hydrogens (tertiary/aromatic N) is 1. The molecule has 1 aliphatic rings. The van der Waals surface area contributed by atoms with E-state index in [1.807, 2.05) is 13.0 Å². The van der Waals surface area contributed by atoms with Crippen LogP contribution in [0.2, 0.25) is 0 Å². The zero-order chi connectivity index (χ0) is 12.3. The van der Waals surface area contributed by atoms with Gasteiger partial charge in [0.1, 0.15) is 11.5 Å². The first-order valence-electron chi connectivity index (χ1n) is 5.29. The van der Waals surface area contributed by atoms with Crippen molar-refractivity contribution < 1.29 is 19.1 Å². The SMILES string of the molecule is CCOC(=O)C1C(=O)OC(C)(CC)C1C#N. The zero-order valence-electron chi connectivity index (χ0n) is 9.65. The van der Waals surface area contributed by atoms with E-state index in [-0.39, 0.29) is 6.61 Å². The molecule has 0 bridgehead atoms. The number of hydrogen-bond donors (Lipinski definition) is 0. The molecule has 1 saturated heterocycles. The van der Waals surface area contributed by atoms with Gasteiger partial charge in [0, 0.05) is 0 Å². The van der Waals surface area contributed by atoms with Crippen molar-refractivity contribution in [3.05, 3.63) is 0 Å². The van der Waals surface area contributed by atoms with Crippen LogP contribution in [0.25, 0.3) is 0 Å². The molecule has 1 aliphatic heterocycles. The maximum atomic E-state index is 11.6. The van der Waals surface area contributed by atoms with Crippen LogP contribution in [0.3, 0.4) is 0 Å². The Bertz CT molecular complexity index is 338. The molecule has 0 aromatic rings. The number of esters is 2. The quantitative estimate of drug-likeness (QED) is 0.529. The lowest BCUT2D eigenvalue weighted by molar-refractivity contribution is -0.158. The molecule has 0 aliphatic carbocycles. The number of ether oxygens (including phenoxy) is 2. The molecule has 3 unspecified atom stereocenters. The minimum absolute atomic E-state index is 0.184. The summed E-state index contributed by atoms with van der Waals surface area (Å²) in [6.07, 6.45) is 0.493. The summed E-state index contributed by atoms with van der Waals surface area (Å²) >= 11 is 0. The van der Waals surface area contributed by atoms with Gasteiger partial charge in [-0.3, -0.25) is 9.59 Å². The Hall–Kier alpha value is -1.57. The molecular formula is C11H15NO4. The largest absolute Gasteiger partial charge is 0.465 e. The third-order valence-corrected chi connectivity index (χ3v) is 2.96. The van der Waals surface area contributed by atoms with Crippen LogP contribution in [-0.4, -0.2) is 24.1 Å². The van der Waals surface area contributed by atoms with E-state index in [4.69, 9.17) is 14.7 Å². The minimum Gasteiger partial charge on any atom is -0.465 e. The van der Waals surface area contributed by atoms with Gasteiger partial charge in [-0.15, -0.1) is 0 Å². The lowest BCUT2D eigenvalue weighted by Gasteiger charge is -2.24. The Morgan fingerprint density at radius 3 is 2.69 bits per heavy atom. The van der Waals surface area contributed by atoms with Crippen LogP contribution >= 0.6 is 0 Å². The second-order valence-electron chi connectivity index (χ2n) is 3.92. The average Bonchev–Trinajstić information content (AvgIpc) is 2.50. The van der Waals surface area contributed by atoms with Gasteiger partial charge in [-0.25, -0.2) is 0 Å². The highest BCUT2D eigenvalue weighted by Gasteiger charge is 2.56. The fourth-order valence-electron chi connectivity index (χ4n) is 1.81. The second kappa shape index (κ2) is 4.52. The summed E-state index contributed by atoms with van der Waals surface area (Å²) < 4.78 is 9.89. The zero-order valence-corrected chi connectivity index (χ0v) is 9.65. The summed E-state index contributed by atoms with van der Waals surface area (Å²) in [5.74, 6) is -3.20. The van der Waals surface area contributed by atoms with Crippen LogP contribution in [0.5, 0.6) is 0 Å². The highest BCUT2D eigenvalue weighted by molar-refractivity contribution is 5.97. The lowest BCUT2D eigenvalue weighted by Crippen LogP contribution is -2.34. The molecule has 5 heteroatoms. The van der Waals surface area contributed by atoms with E-state index in [0.29, 0.717) is 6.42 Å². The van der Waals surface area contributed by atoms with Crippen LogP contribution in [0.4, 0.5) is 0 Å². The molecule has 16 heavy (non-hydrogen) atoms. The summed E-state index contributed by atoms with van der Waals surface area (Å²) in [4.78, 5) is 23.1. The van der Waals surface area contributed by atoms with Gasteiger partial charge in [-0.05, 0) is 20.3 Å². The fraction of sp³-hybridized carbons (Fsp3) is 0.727. The molecular weight excluding hydrogens is 210 g/mol. The number of nitriles is 1. The van der Waals surface area contributed by atoms with Gasteiger partial charge in [-0.1, -0.05) is 6.92 Å². The molecule has 0 aromatic heterocycles. The lowest BCUT2D eigenvalue weighted by atomic mass is 9.81. The van der Waals surface area contributed by atoms with E-state index in [1.165, 1.54) is 0 Å². The molecule has 1 heterocycles. The van der Waals surface area contributed by atoms with Crippen molar-refractivity contribution in [3.63, 3.8) is 0 Å². The predicted molar refractivity (Wildman–Crippen MR) is 54.0 cm³/mol. The molecule has 0 spiro atoms. The highest BCUT2D eigenvalue weighted by Crippen LogP contribution is 2.39. The van der Waals surface area contributed by atoms with Gasteiger partial charge in [-0.2, -0.15) is 5.26 Å². The number of hydrogen-bond acceptors (Lipinski definition) is 5. The van der Waals surface area contributed by atoms with Crippen molar-refractivity contribution in [3.8, 4) is 6.07 Å². The number of cyclic esters (lactones) is 1. The summed E-state index contributed by atoms with van der Waals surface area (Å²) in [5.41, 5.74) is -0.886. The molecule has 0 aromatic carbocycles. The van der Waals surface area contributed by atoms with Gasteiger partial charge < -0.3 is 9.47 Å². The third kappa shape index (κ3) is 1.87. The Balaban J connectivity index is 2.98. The normalized spacial score (nSPS) is 33.0. The summed E-state index contributed by atoms with van der Waals surface area (Å²) in [6, 6.07) is 1.98. The molecule has 5 nitrogen and oxygen atoms in total. The molecule has 0 N–H and O–H groups in total. The van der Waals surface area contributed by atoms with Gasteiger partial charge in [0.2, 0.25) is 0 Å². The highest BCUT2D eigenvalue weighted by atomic mass is 16.6. The number of carbonyl (C=O) groups is 2. The Morgan fingerprint density at radius 2 is 2.25 bits per heavy atom.